The van der Waals surface area contributed by atoms with Crippen LogP contribution in [0.15, 0.2) is 30.9 Å². The van der Waals surface area contributed by atoms with E-state index in [1.807, 2.05) is 18.5 Å². The van der Waals surface area contributed by atoms with E-state index in [4.69, 9.17) is 0 Å². The minimum Gasteiger partial charge on any atom is -0.341 e. The van der Waals surface area contributed by atoms with E-state index < -0.39 is 0 Å². The summed E-state index contributed by atoms with van der Waals surface area (Å²) in [5.74, 6) is 2.46. The maximum atomic E-state index is 12.9. The summed E-state index contributed by atoms with van der Waals surface area (Å²) in [6.07, 6.45) is 12.2. The molecule has 3 aliphatic rings. The first-order valence-corrected chi connectivity index (χ1v) is 9.78. The van der Waals surface area contributed by atoms with E-state index in [2.05, 4.69) is 24.6 Å². The van der Waals surface area contributed by atoms with Crippen LogP contribution in [0, 0.1) is 11.3 Å². The summed E-state index contributed by atoms with van der Waals surface area (Å²) in [4.78, 5) is 19.0. The van der Waals surface area contributed by atoms with Gasteiger partial charge in [-0.2, -0.15) is 0 Å². The molecule has 1 spiro atoms. The Morgan fingerprint density at radius 1 is 1.23 bits per heavy atom. The highest BCUT2D eigenvalue weighted by molar-refractivity contribution is 5.79. The number of nitrogens with zero attached hydrogens (tertiary/aromatic N) is 5. The van der Waals surface area contributed by atoms with Gasteiger partial charge in [-0.15, -0.1) is 10.2 Å². The molecule has 5 rings (SSSR count). The van der Waals surface area contributed by atoms with Gasteiger partial charge in [-0.1, -0.05) is 6.42 Å². The lowest BCUT2D eigenvalue weighted by atomic mass is 9.62. The number of rotatable bonds is 5. The van der Waals surface area contributed by atoms with Gasteiger partial charge in [-0.25, -0.2) is 0 Å². The SMILES string of the molecule is O=C(Cc1ccncc1)N1CC(c2nncn2CC2CC2)C2(CCC2)C1. The van der Waals surface area contributed by atoms with Crippen LogP contribution in [-0.4, -0.2) is 43.6 Å². The van der Waals surface area contributed by atoms with Crippen LogP contribution in [0.5, 0.6) is 0 Å². The molecule has 1 unspecified atom stereocenters. The van der Waals surface area contributed by atoms with Crippen molar-refractivity contribution in [3.63, 3.8) is 0 Å². The molecule has 2 aliphatic carbocycles. The van der Waals surface area contributed by atoms with Crippen LogP contribution >= 0.6 is 0 Å². The van der Waals surface area contributed by atoms with Gasteiger partial charge in [0.2, 0.25) is 5.91 Å². The van der Waals surface area contributed by atoms with Crippen molar-refractivity contribution in [1.82, 2.24) is 24.6 Å². The smallest absolute Gasteiger partial charge is 0.227 e. The molecule has 2 saturated carbocycles. The normalized spacial score (nSPS) is 24.0. The number of pyridine rings is 1. The lowest BCUT2D eigenvalue weighted by Gasteiger charge is -2.42. The Labute approximate surface area is 153 Å². The monoisotopic (exact) mass is 351 g/mol. The highest BCUT2D eigenvalue weighted by atomic mass is 16.2. The molecule has 1 atom stereocenters. The van der Waals surface area contributed by atoms with Crippen molar-refractivity contribution >= 4 is 5.91 Å². The largest absolute Gasteiger partial charge is 0.341 e. The molecule has 3 heterocycles. The predicted octanol–water partition coefficient (Wildman–Crippen LogP) is 2.42. The first-order chi connectivity index (χ1) is 12.7. The Hall–Kier alpha value is -2.24. The summed E-state index contributed by atoms with van der Waals surface area (Å²) in [6.45, 7) is 2.70. The van der Waals surface area contributed by atoms with Gasteiger partial charge in [0.05, 0.1) is 6.42 Å². The first kappa shape index (κ1) is 16.0. The van der Waals surface area contributed by atoms with Gasteiger partial charge in [-0.05, 0) is 54.7 Å². The van der Waals surface area contributed by atoms with Crippen molar-refractivity contribution in [3.8, 4) is 0 Å². The van der Waals surface area contributed by atoms with Gasteiger partial charge in [0, 0.05) is 37.9 Å². The van der Waals surface area contributed by atoms with Gasteiger partial charge < -0.3 is 9.47 Å². The van der Waals surface area contributed by atoms with Crippen LogP contribution < -0.4 is 0 Å². The average Bonchev–Trinajstić information content (AvgIpc) is 3.16. The zero-order valence-corrected chi connectivity index (χ0v) is 15.0. The molecule has 0 aromatic carbocycles. The van der Waals surface area contributed by atoms with Gasteiger partial charge in [0.1, 0.15) is 12.2 Å². The zero-order valence-electron chi connectivity index (χ0n) is 15.0. The molecule has 0 radical (unpaired) electrons. The van der Waals surface area contributed by atoms with E-state index in [0.717, 1.165) is 36.9 Å². The Morgan fingerprint density at radius 3 is 2.73 bits per heavy atom. The number of amides is 1. The van der Waals surface area contributed by atoms with Gasteiger partial charge >= 0.3 is 0 Å². The highest BCUT2D eigenvalue weighted by Crippen LogP contribution is 2.55. The molecule has 1 amide bonds. The van der Waals surface area contributed by atoms with E-state index in [0.29, 0.717) is 12.3 Å². The molecule has 1 saturated heterocycles. The predicted molar refractivity (Wildman–Crippen MR) is 96.3 cm³/mol. The van der Waals surface area contributed by atoms with Crippen molar-refractivity contribution in [2.75, 3.05) is 13.1 Å². The third-order valence-electron chi connectivity index (χ3n) is 6.56. The number of aromatic nitrogens is 4. The molecular weight excluding hydrogens is 326 g/mol. The average molecular weight is 351 g/mol. The Bertz CT molecular complexity index is 794. The van der Waals surface area contributed by atoms with Crippen LogP contribution in [0.2, 0.25) is 0 Å². The lowest BCUT2D eigenvalue weighted by Crippen LogP contribution is -2.38. The lowest BCUT2D eigenvalue weighted by molar-refractivity contribution is -0.130. The summed E-state index contributed by atoms with van der Waals surface area (Å²) >= 11 is 0. The van der Waals surface area contributed by atoms with Crippen LogP contribution in [0.3, 0.4) is 0 Å². The number of hydrogen-bond donors (Lipinski definition) is 0. The summed E-state index contributed by atoms with van der Waals surface area (Å²) in [5.41, 5.74) is 1.26. The molecule has 2 aromatic heterocycles. The highest BCUT2D eigenvalue weighted by Gasteiger charge is 2.53. The maximum Gasteiger partial charge on any atom is 0.227 e. The third kappa shape index (κ3) is 2.81. The number of likely N-dealkylation sites (tertiary alicyclic amines) is 1. The van der Waals surface area contributed by atoms with Gasteiger partial charge in [0.25, 0.3) is 0 Å². The quantitative estimate of drug-likeness (QED) is 0.830. The van der Waals surface area contributed by atoms with Crippen LogP contribution in [-0.2, 0) is 17.8 Å². The van der Waals surface area contributed by atoms with Crippen LogP contribution in [0.1, 0.15) is 49.4 Å². The molecule has 6 heteroatoms. The number of hydrogen-bond acceptors (Lipinski definition) is 4. The minimum atomic E-state index is 0.221. The fraction of sp³-hybridized carbons (Fsp3) is 0.600. The molecule has 6 nitrogen and oxygen atoms in total. The second-order valence-corrected chi connectivity index (χ2v) is 8.36. The summed E-state index contributed by atoms with van der Waals surface area (Å²) < 4.78 is 2.26. The Morgan fingerprint density at radius 2 is 2.04 bits per heavy atom. The van der Waals surface area contributed by atoms with E-state index in [1.165, 1.54) is 32.1 Å². The molecule has 2 aromatic rings. The van der Waals surface area contributed by atoms with Crippen molar-refractivity contribution in [2.45, 2.75) is 51.0 Å². The number of carbonyl (C=O) groups is 1. The Kier molecular flexibility index (Phi) is 3.80. The summed E-state index contributed by atoms with van der Waals surface area (Å²) in [6, 6.07) is 3.85. The Balaban J connectivity index is 1.35. The standard InChI is InChI=1S/C20H25N5O/c26-18(10-15-4-8-21-9-5-15)24-12-17(20(13-24)6-1-7-20)19-23-22-14-25(19)11-16-2-3-16/h4-5,8-9,14,16-17H,1-3,6-7,10-13H2. The topological polar surface area (TPSA) is 63.9 Å². The second kappa shape index (κ2) is 6.18. The van der Waals surface area contributed by atoms with E-state index in [-0.39, 0.29) is 11.3 Å². The van der Waals surface area contributed by atoms with E-state index >= 15 is 0 Å². The maximum absolute atomic E-state index is 12.9. The zero-order chi connectivity index (χ0) is 17.6. The van der Waals surface area contributed by atoms with Gasteiger partial charge in [-0.3, -0.25) is 9.78 Å². The molecule has 136 valence electrons. The van der Waals surface area contributed by atoms with Crippen molar-refractivity contribution in [3.05, 3.63) is 42.2 Å². The van der Waals surface area contributed by atoms with Gasteiger partial charge in [0.15, 0.2) is 0 Å². The molecular formula is C20H25N5O. The minimum absolute atomic E-state index is 0.221. The first-order valence-electron chi connectivity index (χ1n) is 9.78. The van der Waals surface area contributed by atoms with Crippen LogP contribution in [0.4, 0.5) is 0 Å². The molecule has 1 aliphatic heterocycles. The van der Waals surface area contributed by atoms with Crippen molar-refractivity contribution in [1.29, 1.82) is 0 Å². The van der Waals surface area contributed by atoms with E-state index in [9.17, 15) is 4.79 Å². The molecule has 0 bridgehead atoms. The van der Waals surface area contributed by atoms with Crippen molar-refractivity contribution in [2.24, 2.45) is 11.3 Å². The fourth-order valence-electron chi connectivity index (χ4n) is 4.69. The van der Waals surface area contributed by atoms with Crippen LogP contribution in [0.25, 0.3) is 0 Å². The third-order valence-corrected chi connectivity index (χ3v) is 6.56. The molecule has 3 fully saturated rings. The summed E-state index contributed by atoms with van der Waals surface area (Å²) in [7, 11) is 0. The summed E-state index contributed by atoms with van der Waals surface area (Å²) in [5, 5.41) is 8.71. The fourth-order valence-corrected chi connectivity index (χ4v) is 4.69. The molecule has 0 N–H and O–H groups in total. The van der Waals surface area contributed by atoms with E-state index in [1.54, 1.807) is 12.4 Å². The second-order valence-electron chi connectivity index (χ2n) is 8.36. The van der Waals surface area contributed by atoms with Crippen molar-refractivity contribution < 1.29 is 4.79 Å². The number of carbonyl (C=O) groups excluding carboxylic acids is 1. The molecule has 26 heavy (non-hydrogen) atoms.